The zero-order valence-corrected chi connectivity index (χ0v) is 6.95. The molecule has 0 aliphatic carbocycles. The fraction of sp³-hybridized carbons (Fsp3) is 0.500. The summed E-state index contributed by atoms with van der Waals surface area (Å²) in [7, 11) is 1.78. The molecule has 1 radical (unpaired) electrons. The molecule has 1 heterocycles. The minimum atomic E-state index is 0.642. The van der Waals surface area contributed by atoms with E-state index in [0.717, 1.165) is 5.16 Å². The maximum Gasteiger partial charge on any atom is 0.209 e. The van der Waals surface area contributed by atoms with Crippen LogP contribution >= 0.6 is 24.0 Å². The largest absolute Gasteiger partial charge is 0.224 e. The van der Waals surface area contributed by atoms with E-state index in [1.807, 2.05) is 0 Å². The monoisotopic (exact) mass is 173 g/mol. The van der Waals surface area contributed by atoms with Crippen molar-refractivity contribution in [2.24, 2.45) is 7.05 Å². The summed E-state index contributed by atoms with van der Waals surface area (Å²) >= 11 is 5.98. The van der Waals surface area contributed by atoms with Crippen molar-refractivity contribution in [1.29, 1.82) is 0 Å². The van der Waals surface area contributed by atoms with Crippen molar-refractivity contribution in [2.45, 2.75) is 5.16 Å². The van der Waals surface area contributed by atoms with Gasteiger partial charge in [0.2, 0.25) is 5.16 Å². The van der Waals surface area contributed by atoms with Crippen LogP contribution in [-0.4, -0.2) is 31.3 Å². The van der Waals surface area contributed by atoms with Crippen LogP contribution in [0.15, 0.2) is 5.16 Å². The Morgan fingerprint density at radius 1 is 1.80 bits per heavy atom. The Hall–Kier alpha value is -0.490. The highest BCUT2D eigenvalue weighted by atomic mass is 32.2. The van der Waals surface area contributed by atoms with Gasteiger partial charge in [-0.25, -0.2) is 4.68 Å². The van der Waals surface area contributed by atoms with Gasteiger partial charge in [-0.3, -0.25) is 0 Å². The zero-order chi connectivity index (χ0) is 7.40. The molecule has 0 unspecified atom stereocenters. The minimum absolute atomic E-state index is 0.642. The second-order valence-corrected chi connectivity index (χ2v) is 2.75. The van der Waals surface area contributed by atoms with Crippen molar-refractivity contribution in [2.75, 3.05) is 5.75 Å². The van der Waals surface area contributed by atoms with E-state index in [1.165, 1.54) is 11.8 Å². The smallest absolute Gasteiger partial charge is 0.209 e. The topological polar surface area (TPSA) is 43.6 Å². The number of hydrogen-bond acceptors (Lipinski definition) is 5. The van der Waals surface area contributed by atoms with Gasteiger partial charge in [0.25, 0.3) is 0 Å². The molecule has 4 nitrogen and oxygen atoms in total. The quantitative estimate of drug-likeness (QED) is 0.482. The van der Waals surface area contributed by atoms with Gasteiger partial charge in [0, 0.05) is 18.2 Å². The van der Waals surface area contributed by atoms with E-state index in [4.69, 9.17) is 0 Å². The maximum atomic E-state index is 4.52. The third kappa shape index (κ3) is 1.74. The van der Waals surface area contributed by atoms with Crippen LogP contribution in [0.2, 0.25) is 0 Å². The Balaban J connectivity index is 2.56. The van der Waals surface area contributed by atoms with Crippen molar-refractivity contribution >= 4 is 29.3 Å². The Morgan fingerprint density at radius 3 is 3.10 bits per heavy atom. The van der Waals surface area contributed by atoms with Gasteiger partial charge in [-0.2, -0.15) is 0 Å². The summed E-state index contributed by atoms with van der Waals surface area (Å²) in [5.41, 5.74) is 0. The molecule has 0 spiro atoms. The highest BCUT2D eigenvalue weighted by Gasteiger charge is 1.99. The highest BCUT2D eigenvalue weighted by molar-refractivity contribution is 8.00. The molecule has 0 N–H and O–H groups in total. The fourth-order valence-electron chi connectivity index (χ4n) is 0.438. The summed E-state index contributed by atoms with van der Waals surface area (Å²) in [6, 6.07) is 0. The Bertz CT molecular complexity index is 221. The van der Waals surface area contributed by atoms with Crippen LogP contribution in [-0.2, 0) is 7.05 Å². The molecule has 0 amide bonds. The molecular formula is C4H5N4S2. The molecule has 1 aromatic heterocycles. The first-order valence-electron chi connectivity index (χ1n) is 2.54. The van der Waals surface area contributed by atoms with E-state index in [2.05, 4.69) is 33.1 Å². The third-order valence-electron chi connectivity index (χ3n) is 0.841. The normalized spacial score (nSPS) is 9.70. The molecule has 0 aliphatic rings. The summed E-state index contributed by atoms with van der Waals surface area (Å²) in [6.07, 6.45) is 0. The molecule has 0 aliphatic heterocycles. The number of thiocarbonyl (C=S) groups is 1. The van der Waals surface area contributed by atoms with Gasteiger partial charge < -0.3 is 0 Å². The first-order chi connectivity index (χ1) is 4.84. The van der Waals surface area contributed by atoms with Crippen LogP contribution in [0.1, 0.15) is 0 Å². The summed E-state index contributed by atoms with van der Waals surface area (Å²) in [6.45, 7) is 0. The van der Waals surface area contributed by atoms with Gasteiger partial charge in [-0.1, -0.05) is 24.0 Å². The van der Waals surface area contributed by atoms with Gasteiger partial charge in [-0.15, -0.1) is 5.10 Å². The Morgan fingerprint density at radius 2 is 2.60 bits per heavy atom. The number of tetrazole rings is 1. The van der Waals surface area contributed by atoms with Crippen molar-refractivity contribution in [3.05, 3.63) is 0 Å². The van der Waals surface area contributed by atoms with E-state index in [-0.39, 0.29) is 0 Å². The summed E-state index contributed by atoms with van der Waals surface area (Å²) in [5, 5.41) is 14.2. The second kappa shape index (κ2) is 3.62. The molecule has 1 rings (SSSR count). The second-order valence-electron chi connectivity index (χ2n) is 1.52. The first kappa shape index (κ1) is 7.62. The number of aromatic nitrogens is 4. The summed E-state index contributed by atoms with van der Waals surface area (Å²) < 4.78 is 1.59. The molecule has 0 saturated carbocycles. The standard InChI is InChI=1S/C4H5N4S2/c1-8-4(5-6-7-8)10-3-2-9/h3H2,1H3. The van der Waals surface area contributed by atoms with Crippen LogP contribution in [0.3, 0.4) is 0 Å². The van der Waals surface area contributed by atoms with Crippen LogP contribution in [0.25, 0.3) is 0 Å². The van der Waals surface area contributed by atoms with E-state index < -0.39 is 0 Å². The maximum absolute atomic E-state index is 4.52. The Labute approximate surface area is 68.0 Å². The fourth-order valence-corrected chi connectivity index (χ4v) is 1.12. The van der Waals surface area contributed by atoms with Gasteiger partial charge in [0.1, 0.15) is 0 Å². The number of thioether (sulfide) groups is 1. The minimum Gasteiger partial charge on any atom is -0.224 e. The number of aryl methyl sites for hydroxylation is 1. The van der Waals surface area contributed by atoms with Crippen molar-refractivity contribution in [3.8, 4) is 0 Å². The summed E-state index contributed by atoms with van der Waals surface area (Å²) in [5.74, 6) is 0.642. The lowest BCUT2D eigenvalue weighted by molar-refractivity contribution is 0.665. The average Bonchev–Trinajstić information content (AvgIpc) is 2.31. The lowest BCUT2D eigenvalue weighted by Gasteiger charge is -1.91. The molecule has 0 saturated heterocycles. The van der Waals surface area contributed by atoms with Gasteiger partial charge >= 0.3 is 0 Å². The molecule has 0 atom stereocenters. The molecular weight excluding hydrogens is 168 g/mol. The van der Waals surface area contributed by atoms with E-state index in [0.29, 0.717) is 5.75 Å². The predicted octanol–water partition coefficient (Wildman–Crippen LogP) is 0.179. The van der Waals surface area contributed by atoms with E-state index in [1.54, 1.807) is 11.7 Å². The van der Waals surface area contributed by atoms with Crippen molar-refractivity contribution < 1.29 is 0 Å². The molecule has 1 aromatic rings. The van der Waals surface area contributed by atoms with Crippen LogP contribution < -0.4 is 0 Å². The molecule has 0 aromatic carbocycles. The van der Waals surface area contributed by atoms with E-state index in [9.17, 15) is 0 Å². The third-order valence-corrected chi connectivity index (χ3v) is 2.06. The van der Waals surface area contributed by atoms with Crippen LogP contribution in [0.5, 0.6) is 0 Å². The average molecular weight is 173 g/mol. The molecule has 53 valence electrons. The Kier molecular flexibility index (Phi) is 2.76. The number of hydrogen-bond donors (Lipinski definition) is 0. The predicted molar refractivity (Wildman–Crippen MR) is 42.1 cm³/mol. The molecule has 0 fully saturated rings. The summed E-state index contributed by atoms with van der Waals surface area (Å²) in [4.78, 5) is 0. The van der Waals surface area contributed by atoms with Crippen LogP contribution in [0, 0.1) is 0 Å². The van der Waals surface area contributed by atoms with Crippen molar-refractivity contribution in [1.82, 2.24) is 20.2 Å². The molecule has 10 heavy (non-hydrogen) atoms. The number of rotatable bonds is 3. The van der Waals surface area contributed by atoms with Crippen molar-refractivity contribution in [3.63, 3.8) is 0 Å². The highest BCUT2D eigenvalue weighted by Crippen LogP contribution is 2.09. The zero-order valence-electron chi connectivity index (χ0n) is 5.31. The van der Waals surface area contributed by atoms with E-state index >= 15 is 0 Å². The molecule has 6 heteroatoms. The van der Waals surface area contributed by atoms with Gasteiger partial charge in [0.15, 0.2) is 0 Å². The lowest BCUT2D eigenvalue weighted by Crippen LogP contribution is -1.93. The number of nitrogens with zero attached hydrogens (tertiary/aromatic N) is 4. The first-order valence-corrected chi connectivity index (χ1v) is 3.94. The van der Waals surface area contributed by atoms with Gasteiger partial charge in [-0.05, 0) is 10.4 Å². The SMILES string of the molecule is Cn1nnnc1SC[C]=S. The van der Waals surface area contributed by atoms with Gasteiger partial charge in [0.05, 0.1) is 0 Å². The van der Waals surface area contributed by atoms with Crippen LogP contribution in [0.4, 0.5) is 0 Å². The molecule has 0 bridgehead atoms. The lowest BCUT2D eigenvalue weighted by atomic mass is 11.0.